The largest absolute Gasteiger partial charge is 0.136 e. The second-order valence-electron chi connectivity index (χ2n) is 0.942. The smallest absolute Gasteiger partial charge is 0.123 e. The van der Waals surface area contributed by atoms with Gasteiger partial charge < -0.3 is 0 Å². The van der Waals surface area contributed by atoms with Crippen molar-refractivity contribution in [2.75, 3.05) is 6.26 Å². The molecule has 0 heterocycles. The van der Waals surface area contributed by atoms with Crippen LogP contribution in [0.4, 0.5) is 0 Å². The molecular formula is C3H6N2S3. The average molecular weight is 166 g/mol. The molecule has 0 aromatic carbocycles. The number of rotatable bonds is 2. The summed E-state index contributed by atoms with van der Waals surface area (Å²) in [6.07, 6.45) is 1.93. The molecule has 0 spiro atoms. The van der Waals surface area contributed by atoms with E-state index in [1.165, 1.54) is 11.0 Å². The van der Waals surface area contributed by atoms with Crippen LogP contribution >= 0.6 is 34.0 Å². The van der Waals surface area contributed by atoms with Gasteiger partial charge in [0.2, 0.25) is 0 Å². The van der Waals surface area contributed by atoms with Crippen LogP contribution in [0, 0.1) is 0 Å². The maximum atomic E-state index is 4.63. The molecule has 0 bridgehead atoms. The first-order valence-electron chi connectivity index (χ1n) is 1.89. The van der Waals surface area contributed by atoms with Crippen LogP contribution in [0.3, 0.4) is 0 Å². The Labute approximate surface area is 62.1 Å². The predicted octanol–water partition coefficient (Wildman–Crippen LogP) is 2.71. The first-order chi connectivity index (χ1) is 3.77. The van der Waals surface area contributed by atoms with E-state index in [-0.39, 0.29) is 0 Å². The lowest BCUT2D eigenvalue weighted by atomic mass is 10.8. The van der Waals surface area contributed by atoms with E-state index >= 15 is 0 Å². The van der Waals surface area contributed by atoms with Gasteiger partial charge in [0.05, 0.1) is 11.0 Å². The van der Waals surface area contributed by atoms with E-state index in [0.717, 1.165) is 0 Å². The van der Waals surface area contributed by atoms with Crippen molar-refractivity contribution in [3.8, 4) is 0 Å². The lowest BCUT2D eigenvalue weighted by Crippen LogP contribution is -1.70. The zero-order valence-corrected chi connectivity index (χ0v) is 7.07. The Morgan fingerprint density at radius 2 is 2.25 bits per heavy atom. The fourth-order valence-corrected chi connectivity index (χ4v) is 0.722. The van der Waals surface area contributed by atoms with Crippen LogP contribution in [-0.4, -0.2) is 11.2 Å². The maximum Gasteiger partial charge on any atom is 0.123 e. The number of thiocarbonyl (C=S) groups is 1. The molecule has 0 rings (SSSR count). The number of hydrogen-bond donors (Lipinski definition) is 0. The van der Waals surface area contributed by atoms with E-state index in [2.05, 4.69) is 21.9 Å². The molecule has 0 atom stereocenters. The van der Waals surface area contributed by atoms with Gasteiger partial charge in [-0.25, -0.2) is 0 Å². The van der Waals surface area contributed by atoms with Gasteiger partial charge in [-0.2, -0.15) is 0 Å². The zero-order chi connectivity index (χ0) is 6.41. The minimum Gasteiger partial charge on any atom is -0.136 e. The summed E-state index contributed by atoms with van der Waals surface area (Å²) in [7, 11) is 2.86. The SMILES string of the molecule is CSSN=NC(C)=S. The van der Waals surface area contributed by atoms with Gasteiger partial charge in [0.25, 0.3) is 0 Å². The topological polar surface area (TPSA) is 24.7 Å². The summed E-state index contributed by atoms with van der Waals surface area (Å²) in [5.74, 6) is 0. The van der Waals surface area contributed by atoms with Crippen molar-refractivity contribution in [3.63, 3.8) is 0 Å². The van der Waals surface area contributed by atoms with Crippen LogP contribution in [0.25, 0.3) is 0 Å². The van der Waals surface area contributed by atoms with Gasteiger partial charge in [-0.15, -0.1) is 9.63 Å². The zero-order valence-electron chi connectivity index (χ0n) is 4.62. The number of hydrogen-bond acceptors (Lipinski definition) is 4. The molecular weight excluding hydrogens is 160 g/mol. The minimum atomic E-state index is 0.576. The van der Waals surface area contributed by atoms with Gasteiger partial charge in [-0.1, -0.05) is 23.0 Å². The highest BCUT2D eigenvalue weighted by Crippen LogP contribution is 2.17. The molecule has 0 radical (unpaired) electrons. The Hall–Kier alpha value is 0.390. The van der Waals surface area contributed by atoms with Crippen molar-refractivity contribution in [1.29, 1.82) is 0 Å². The molecule has 46 valence electrons. The van der Waals surface area contributed by atoms with Gasteiger partial charge in [-0.3, -0.25) is 0 Å². The van der Waals surface area contributed by atoms with Crippen molar-refractivity contribution in [1.82, 2.24) is 0 Å². The van der Waals surface area contributed by atoms with E-state index in [0.29, 0.717) is 4.99 Å². The van der Waals surface area contributed by atoms with E-state index in [1.54, 1.807) is 17.7 Å². The molecule has 0 saturated carbocycles. The summed E-state index contributed by atoms with van der Waals surface area (Å²) in [6, 6.07) is 0. The fraction of sp³-hybridized carbons (Fsp3) is 0.667. The van der Waals surface area contributed by atoms with Crippen molar-refractivity contribution < 1.29 is 0 Å². The van der Waals surface area contributed by atoms with Crippen LogP contribution in [0.5, 0.6) is 0 Å². The maximum absolute atomic E-state index is 4.63. The van der Waals surface area contributed by atoms with Crippen LogP contribution in [0.15, 0.2) is 9.63 Å². The molecule has 0 N–H and O–H groups in total. The summed E-state index contributed by atoms with van der Waals surface area (Å²) in [4.78, 5) is 0.576. The van der Waals surface area contributed by atoms with Crippen molar-refractivity contribution in [2.45, 2.75) is 6.92 Å². The highest BCUT2D eigenvalue weighted by atomic mass is 33.1. The lowest BCUT2D eigenvalue weighted by molar-refractivity contribution is 1.43. The number of nitrogens with zero attached hydrogens (tertiary/aromatic N) is 2. The molecule has 0 aliphatic rings. The van der Waals surface area contributed by atoms with Crippen LogP contribution in [0.2, 0.25) is 0 Å². The molecule has 0 aromatic rings. The quantitative estimate of drug-likeness (QED) is 0.273. The van der Waals surface area contributed by atoms with Crippen LogP contribution in [-0.2, 0) is 0 Å². The Morgan fingerprint density at radius 3 is 2.62 bits per heavy atom. The molecule has 0 fully saturated rings. The van der Waals surface area contributed by atoms with Gasteiger partial charge in [-0.05, 0) is 13.2 Å². The van der Waals surface area contributed by atoms with Gasteiger partial charge >= 0.3 is 0 Å². The first-order valence-corrected chi connectivity index (χ1v) is 4.81. The molecule has 8 heavy (non-hydrogen) atoms. The lowest BCUT2D eigenvalue weighted by Gasteiger charge is -1.79. The Kier molecular flexibility index (Phi) is 5.79. The van der Waals surface area contributed by atoms with Gasteiger partial charge in [0, 0.05) is 0 Å². The highest BCUT2D eigenvalue weighted by Gasteiger charge is 1.77. The van der Waals surface area contributed by atoms with E-state index in [9.17, 15) is 0 Å². The van der Waals surface area contributed by atoms with E-state index in [4.69, 9.17) is 0 Å². The van der Waals surface area contributed by atoms with E-state index < -0.39 is 0 Å². The van der Waals surface area contributed by atoms with Crippen molar-refractivity contribution >= 4 is 39.0 Å². The second kappa shape index (κ2) is 5.53. The predicted molar refractivity (Wildman–Crippen MR) is 44.2 cm³/mol. The molecule has 2 nitrogen and oxygen atoms in total. The van der Waals surface area contributed by atoms with Gasteiger partial charge in [0.1, 0.15) is 4.99 Å². The standard InChI is InChI=1S/C3H6N2S3/c1-3(6)4-5-8-7-2/h1-2H3. The minimum absolute atomic E-state index is 0.576. The fourth-order valence-electron chi connectivity index (χ4n) is 0.107. The molecule has 0 amide bonds. The molecule has 0 aromatic heterocycles. The van der Waals surface area contributed by atoms with E-state index in [1.807, 2.05) is 6.26 Å². The monoisotopic (exact) mass is 166 g/mol. The summed E-state index contributed by atoms with van der Waals surface area (Å²) in [5.41, 5.74) is 0. The third kappa shape index (κ3) is 6.39. The third-order valence-corrected chi connectivity index (χ3v) is 1.32. The molecule has 0 saturated heterocycles. The molecule has 5 heteroatoms. The summed E-state index contributed by atoms with van der Waals surface area (Å²) in [6.45, 7) is 1.74. The van der Waals surface area contributed by atoms with Crippen LogP contribution in [0.1, 0.15) is 6.92 Å². The Balaban J connectivity index is 3.20. The molecule has 0 aliphatic heterocycles. The second-order valence-corrected chi connectivity index (χ2v) is 3.63. The summed E-state index contributed by atoms with van der Waals surface area (Å²) >= 11 is 4.63. The van der Waals surface area contributed by atoms with Crippen molar-refractivity contribution in [3.05, 3.63) is 0 Å². The summed E-state index contributed by atoms with van der Waals surface area (Å²) < 4.78 is 3.65. The van der Waals surface area contributed by atoms with Crippen molar-refractivity contribution in [2.24, 2.45) is 9.63 Å². The first kappa shape index (κ1) is 8.39. The van der Waals surface area contributed by atoms with Gasteiger partial charge in [0.15, 0.2) is 0 Å². The Bertz CT molecular complexity index is 101. The normalized spacial score (nSPS) is 10.2. The average Bonchev–Trinajstić information content (AvgIpc) is 1.66. The Morgan fingerprint density at radius 1 is 1.62 bits per heavy atom. The summed E-state index contributed by atoms with van der Waals surface area (Å²) in [5, 5.41) is 3.61. The van der Waals surface area contributed by atoms with Crippen LogP contribution < -0.4 is 0 Å². The molecule has 0 aliphatic carbocycles. The third-order valence-electron chi connectivity index (χ3n) is 0.290. The highest BCUT2D eigenvalue weighted by molar-refractivity contribution is 8.75. The molecule has 0 unspecified atom stereocenters.